The number of amides is 1. The summed E-state index contributed by atoms with van der Waals surface area (Å²) in [7, 11) is 0. The average Bonchev–Trinajstić information content (AvgIpc) is 3.12. The van der Waals surface area contributed by atoms with E-state index in [1.807, 2.05) is 17.5 Å². The summed E-state index contributed by atoms with van der Waals surface area (Å²) in [5.74, 6) is -0.0207. The van der Waals surface area contributed by atoms with Gasteiger partial charge in [0, 0.05) is 18.0 Å². The Bertz CT molecular complexity index is 611. The Kier molecular flexibility index (Phi) is 6.82. The zero-order valence-electron chi connectivity index (χ0n) is 12.5. The standard InChI is InChI=1S/C15H20ClN3OS2/c1-2-3-4-10(8-17)18-14(20)7-11-9-21-15(19-11)12-5-6-13(16)22-12/h5-6,9-10H,2-4,7-8,17H2,1H3,(H,18,20). The van der Waals surface area contributed by atoms with Gasteiger partial charge in [-0.1, -0.05) is 31.4 Å². The lowest BCUT2D eigenvalue weighted by Gasteiger charge is -2.15. The molecule has 0 radical (unpaired) electrons. The van der Waals surface area contributed by atoms with E-state index in [9.17, 15) is 4.79 Å². The topological polar surface area (TPSA) is 68.0 Å². The molecule has 0 aliphatic carbocycles. The maximum atomic E-state index is 12.1. The number of nitrogens with two attached hydrogens (primary N) is 1. The van der Waals surface area contributed by atoms with Gasteiger partial charge in [-0.3, -0.25) is 4.79 Å². The van der Waals surface area contributed by atoms with Crippen molar-refractivity contribution in [2.24, 2.45) is 5.73 Å². The van der Waals surface area contributed by atoms with Crippen LogP contribution in [0.5, 0.6) is 0 Å². The van der Waals surface area contributed by atoms with Gasteiger partial charge in [0.1, 0.15) is 5.01 Å². The summed E-state index contributed by atoms with van der Waals surface area (Å²) in [5.41, 5.74) is 6.48. The Labute approximate surface area is 143 Å². The van der Waals surface area contributed by atoms with Gasteiger partial charge in [0.15, 0.2) is 0 Å². The molecular weight excluding hydrogens is 338 g/mol. The first-order chi connectivity index (χ1) is 10.6. The zero-order valence-corrected chi connectivity index (χ0v) is 14.9. The van der Waals surface area contributed by atoms with Crippen LogP contribution in [0.4, 0.5) is 0 Å². The van der Waals surface area contributed by atoms with Crippen LogP contribution < -0.4 is 11.1 Å². The fourth-order valence-corrected chi connectivity index (χ4v) is 4.01. The third kappa shape index (κ3) is 5.05. The minimum atomic E-state index is -0.0207. The summed E-state index contributed by atoms with van der Waals surface area (Å²) in [6.07, 6.45) is 3.39. The maximum Gasteiger partial charge on any atom is 0.226 e. The molecule has 2 heterocycles. The molecule has 120 valence electrons. The number of hydrogen-bond donors (Lipinski definition) is 2. The first kappa shape index (κ1) is 17.4. The average molecular weight is 358 g/mol. The van der Waals surface area contributed by atoms with E-state index in [2.05, 4.69) is 17.2 Å². The molecule has 1 unspecified atom stereocenters. The van der Waals surface area contributed by atoms with E-state index in [4.69, 9.17) is 17.3 Å². The minimum Gasteiger partial charge on any atom is -0.352 e. The van der Waals surface area contributed by atoms with Crippen LogP contribution in [-0.2, 0) is 11.2 Å². The maximum absolute atomic E-state index is 12.1. The molecule has 22 heavy (non-hydrogen) atoms. The number of hydrogen-bond acceptors (Lipinski definition) is 5. The Morgan fingerprint density at radius 3 is 2.95 bits per heavy atom. The predicted octanol–water partition coefficient (Wildman–Crippen LogP) is 3.70. The third-order valence-electron chi connectivity index (χ3n) is 3.23. The molecule has 7 heteroatoms. The highest BCUT2D eigenvalue weighted by molar-refractivity contribution is 7.23. The first-order valence-corrected chi connectivity index (χ1v) is 9.39. The quantitative estimate of drug-likeness (QED) is 0.756. The van der Waals surface area contributed by atoms with Crippen LogP contribution in [0.3, 0.4) is 0 Å². The van der Waals surface area contributed by atoms with Crippen molar-refractivity contribution in [3.8, 4) is 9.88 Å². The lowest BCUT2D eigenvalue weighted by atomic mass is 10.1. The number of thiophene rings is 1. The number of nitrogens with one attached hydrogen (secondary N) is 1. The van der Waals surface area contributed by atoms with Gasteiger partial charge in [0.2, 0.25) is 5.91 Å². The van der Waals surface area contributed by atoms with Gasteiger partial charge in [-0.2, -0.15) is 0 Å². The number of thiazole rings is 1. The molecular formula is C15H20ClN3OS2. The minimum absolute atomic E-state index is 0.0207. The summed E-state index contributed by atoms with van der Waals surface area (Å²) >= 11 is 8.96. The molecule has 2 aromatic heterocycles. The van der Waals surface area contributed by atoms with Crippen molar-refractivity contribution in [3.63, 3.8) is 0 Å². The van der Waals surface area contributed by atoms with Crippen LogP contribution in [0, 0.1) is 0 Å². The second-order valence-corrected chi connectivity index (χ2v) is 7.64. The monoisotopic (exact) mass is 357 g/mol. The van der Waals surface area contributed by atoms with Crippen molar-refractivity contribution in [1.29, 1.82) is 0 Å². The van der Waals surface area contributed by atoms with Crippen LogP contribution in [0.1, 0.15) is 31.9 Å². The smallest absolute Gasteiger partial charge is 0.226 e. The molecule has 4 nitrogen and oxygen atoms in total. The number of rotatable bonds is 8. The fraction of sp³-hybridized carbons (Fsp3) is 0.467. The number of halogens is 1. The van der Waals surface area contributed by atoms with Crippen molar-refractivity contribution in [2.45, 2.75) is 38.6 Å². The number of aromatic nitrogens is 1. The number of carbonyl (C=O) groups is 1. The first-order valence-electron chi connectivity index (χ1n) is 7.32. The largest absolute Gasteiger partial charge is 0.352 e. The third-order valence-corrected chi connectivity index (χ3v) is 5.52. The van der Waals surface area contributed by atoms with Gasteiger partial charge in [-0.05, 0) is 18.6 Å². The van der Waals surface area contributed by atoms with Gasteiger partial charge >= 0.3 is 0 Å². The molecule has 0 saturated carbocycles. The van der Waals surface area contributed by atoms with Crippen molar-refractivity contribution >= 4 is 40.2 Å². The Morgan fingerprint density at radius 1 is 1.50 bits per heavy atom. The summed E-state index contributed by atoms with van der Waals surface area (Å²) in [6, 6.07) is 3.86. The molecule has 2 aromatic rings. The van der Waals surface area contributed by atoms with Crippen LogP contribution in [0.25, 0.3) is 9.88 Å². The Morgan fingerprint density at radius 2 is 2.32 bits per heavy atom. The highest BCUT2D eigenvalue weighted by Gasteiger charge is 2.13. The molecule has 0 aliphatic rings. The van der Waals surface area contributed by atoms with Crippen molar-refractivity contribution < 1.29 is 4.79 Å². The van der Waals surface area contributed by atoms with Gasteiger partial charge < -0.3 is 11.1 Å². The highest BCUT2D eigenvalue weighted by Crippen LogP contribution is 2.32. The van der Waals surface area contributed by atoms with E-state index in [0.29, 0.717) is 6.54 Å². The van der Waals surface area contributed by atoms with Crippen LogP contribution in [-0.4, -0.2) is 23.5 Å². The Balaban J connectivity index is 1.90. The van der Waals surface area contributed by atoms with E-state index in [1.54, 1.807) is 0 Å². The SMILES string of the molecule is CCCCC(CN)NC(=O)Cc1csc(-c2ccc(Cl)s2)n1. The molecule has 1 amide bonds. The number of unbranched alkanes of at least 4 members (excludes halogenated alkanes) is 1. The molecule has 0 bridgehead atoms. The zero-order chi connectivity index (χ0) is 15.9. The number of carbonyl (C=O) groups excluding carboxylic acids is 1. The van der Waals surface area contributed by atoms with Crippen LogP contribution in [0.2, 0.25) is 4.34 Å². The van der Waals surface area contributed by atoms with E-state index < -0.39 is 0 Å². The van der Waals surface area contributed by atoms with E-state index >= 15 is 0 Å². The van der Waals surface area contributed by atoms with Crippen molar-refractivity contribution in [2.75, 3.05) is 6.54 Å². The summed E-state index contributed by atoms with van der Waals surface area (Å²) in [5, 5.41) is 5.81. The summed E-state index contributed by atoms with van der Waals surface area (Å²) in [4.78, 5) is 17.6. The van der Waals surface area contributed by atoms with E-state index in [0.717, 1.165) is 39.2 Å². The van der Waals surface area contributed by atoms with E-state index in [-0.39, 0.29) is 18.4 Å². The lowest BCUT2D eigenvalue weighted by molar-refractivity contribution is -0.121. The van der Waals surface area contributed by atoms with Crippen molar-refractivity contribution in [1.82, 2.24) is 10.3 Å². The molecule has 0 aromatic carbocycles. The lowest BCUT2D eigenvalue weighted by Crippen LogP contribution is -2.40. The van der Waals surface area contributed by atoms with Crippen LogP contribution in [0.15, 0.2) is 17.5 Å². The van der Waals surface area contributed by atoms with E-state index in [1.165, 1.54) is 22.7 Å². The second-order valence-electron chi connectivity index (χ2n) is 5.07. The predicted molar refractivity (Wildman–Crippen MR) is 94.7 cm³/mol. The molecule has 0 aliphatic heterocycles. The highest BCUT2D eigenvalue weighted by atomic mass is 35.5. The van der Waals surface area contributed by atoms with Crippen LogP contribution >= 0.6 is 34.3 Å². The fourth-order valence-electron chi connectivity index (χ4n) is 2.07. The normalized spacial score (nSPS) is 12.3. The molecule has 0 saturated heterocycles. The summed E-state index contributed by atoms with van der Waals surface area (Å²) in [6.45, 7) is 2.60. The molecule has 0 spiro atoms. The molecule has 3 N–H and O–H groups in total. The van der Waals surface area contributed by atoms with Gasteiger partial charge in [-0.15, -0.1) is 22.7 Å². The number of nitrogens with zero attached hydrogens (tertiary/aromatic N) is 1. The van der Waals surface area contributed by atoms with Gasteiger partial charge in [0.25, 0.3) is 0 Å². The second kappa shape index (κ2) is 8.62. The Hall–Kier alpha value is -0.950. The molecule has 2 rings (SSSR count). The molecule has 0 fully saturated rings. The van der Waals surface area contributed by atoms with Gasteiger partial charge in [-0.25, -0.2) is 4.98 Å². The molecule has 1 atom stereocenters. The summed E-state index contributed by atoms with van der Waals surface area (Å²) < 4.78 is 0.742. The van der Waals surface area contributed by atoms with Gasteiger partial charge in [0.05, 0.1) is 21.3 Å². The van der Waals surface area contributed by atoms with Crippen molar-refractivity contribution in [3.05, 3.63) is 27.5 Å².